The van der Waals surface area contributed by atoms with Gasteiger partial charge in [-0.1, -0.05) is 24.3 Å². The number of ether oxygens (including phenoxy) is 1. The van der Waals surface area contributed by atoms with E-state index in [4.69, 9.17) is 4.74 Å². The fourth-order valence-electron chi connectivity index (χ4n) is 1.96. The summed E-state index contributed by atoms with van der Waals surface area (Å²) in [6.45, 7) is -0.432. The topological polar surface area (TPSA) is 81.7 Å². The molecule has 0 saturated heterocycles. The van der Waals surface area contributed by atoms with Crippen molar-refractivity contribution in [1.29, 1.82) is 0 Å². The van der Waals surface area contributed by atoms with Crippen molar-refractivity contribution in [1.82, 2.24) is 5.32 Å². The highest BCUT2D eigenvalue weighted by molar-refractivity contribution is 7.86. The van der Waals surface area contributed by atoms with Crippen molar-refractivity contribution in [2.75, 3.05) is 19.9 Å². The van der Waals surface area contributed by atoms with Crippen LogP contribution in [0.5, 0.6) is 0 Å². The molecule has 0 amide bonds. The number of esters is 1. The van der Waals surface area contributed by atoms with Crippen LogP contribution in [0.25, 0.3) is 0 Å². The maximum absolute atomic E-state index is 12.6. The van der Waals surface area contributed by atoms with Gasteiger partial charge in [-0.25, -0.2) is 4.79 Å². The molecule has 6 nitrogen and oxygen atoms in total. The van der Waals surface area contributed by atoms with E-state index in [1.807, 2.05) is 0 Å². The Kier molecular flexibility index (Phi) is 6.94. The summed E-state index contributed by atoms with van der Waals surface area (Å²) < 4.78 is 71.4. The molecule has 0 aliphatic carbocycles. The van der Waals surface area contributed by atoms with Gasteiger partial charge in [0.25, 0.3) is 10.1 Å². The first kappa shape index (κ1) is 20.9. The summed E-state index contributed by atoms with van der Waals surface area (Å²) in [6.07, 6.45) is -4.66. The summed E-state index contributed by atoms with van der Waals surface area (Å²) >= 11 is 0. The summed E-state index contributed by atoms with van der Waals surface area (Å²) in [5.74, 6) is -0.532. The van der Waals surface area contributed by atoms with Gasteiger partial charge in [0.1, 0.15) is 13.3 Å². The Hall–Kier alpha value is -2.43. The number of carbonyl (C=O) groups excluding carboxylic acids is 1. The molecule has 0 radical (unpaired) electrons. The molecule has 0 fully saturated rings. The number of nitrogens with one attached hydrogen (secondary N) is 1. The largest absolute Gasteiger partial charge is 0.461 e. The molecule has 10 heteroatoms. The summed E-state index contributed by atoms with van der Waals surface area (Å²) in [5, 5.41) is 2.56. The lowest BCUT2D eigenvalue weighted by Crippen LogP contribution is -2.26. The van der Waals surface area contributed by atoms with Crippen LogP contribution in [0.3, 0.4) is 0 Å². The van der Waals surface area contributed by atoms with Crippen molar-refractivity contribution >= 4 is 16.1 Å². The third-order valence-corrected chi connectivity index (χ3v) is 4.55. The second-order valence-electron chi connectivity index (χ2n) is 5.24. The molecule has 146 valence electrons. The highest BCUT2D eigenvalue weighted by Gasteiger charge is 2.31. The summed E-state index contributed by atoms with van der Waals surface area (Å²) in [7, 11) is -4.36. The van der Waals surface area contributed by atoms with Gasteiger partial charge < -0.3 is 4.74 Å². The van der Waals surface area contributed by atoms with Crippen LogP contribution in [-0.2, 0) is 25.2 Å². The second-order valence-corrected chi connectivity index (χ2v) is 6.86. The van der Waals surface area contributed by atoms with Gasteiger partial charge in [0.05, 0.1) is 16.0 Å². The van der Waals surface area contributed by atoms with Gasteiger partial charge in [0, 0.05) is 6.54 Å². The molecule has 0 aliphatic rings. The normalized spacial score (nSPS) is 12.0. The van der Waals surface area contributed by atoms with Crippen LogP contribution in [0.1, 0.15) is 15.9 Å². The van der Waals surface area contributed by atoms with Gasteiger partial charge in [-0.2, -0.15) is 21.6 Å². The number of hydrogen-bond donors (Lipinski definition) is 1. The quantitative estimate of drug-likeness (QED) is 0.316. The van der Waals surface area contributed by atoms with Crippen molar-refractivity contribution < 1.29 is 35.3 Å². The monoisotopic (exact) mass is 403 g/mol. The van der Waals surface area contributed by atoms with Gasteiger partial charge in [-0.3, -0.25) is 9.50 Å². The number of hydrogen-bond acceptors (Lipinski definition) is 6. The molecule has 2 rings (SSSR count). The molecule has 0 saturated carbocycles. The standard InChI is InChI=1S/C17H16F3NO5S/c18-17(19,20)14-7-4-8-15(11-14)27(23,24)26-12-21-9-10-25-16(22)13-5-2-1-3-6-13/h1-8,11,21H,9-10,12H2. The maximum Gasteiger partial charge on any atom is 0.416 e. The fourth-order valence-corrected chi connectivity index (χ4v) is 2.85. The lowest BCUT2D eigenvalue weighted by molar-refractivity contribution is -0.137. The van der Waals surface area contributed by atoms with Crippen LogP contribution < -0.4 is 5.32 Å². The molecule has 0 aliphatic heterocycles. The average Bonchev–Trinajstić information content (AvgIpc) is 2.64. The zero-order chi connectivity index (χ0) is 19.9. The number of alkyl halides is 3. The molecule has 0 spiro atoms. The Morgan fingerprint density at radius 2 is 1.74 bits per heavy atom. The van der Waals surface area contributed by atoms with Crippen LogP contribution in [0, 0.1) is 0 Å². The van der Waals surface area contributed by atoms with E-state index in [0.717, 1.165) is 18.2 Å². The van der Waals surface area contributed by atoms with E-state index in [2.05, 4.69) is 9.50 Å². The average molecular weight is 403 g/mol. The summed E-state index contributed by atoms with van der Waals surface area (Å²) in [6, 6.07) is 11.5. The lowest BCUT2D eigenvalue weighted by atomic mass is 10.2. The third kappa shape index (κ3) is 6.35. The number of benzene rings is 2. The second kappa shape index (κ2) is 8.98. The van der Waals surface area contributed by atoms with E-state index in [1.165, 1.54) is 0 Å². The molecular formula is C17H16F3NO5S. The van der Waals surface area contributed by atoms with E-state index >= 15 is 0 Å². The molecule has 2 aromatic carbocycles. The summed E-state index contributed by atoms with van der Waals surface area (Å²) in [4.78, 5) is 11.1. The first-order chi connectivity index (χ1) is 12.7. The SMILES string of the molecule is O=C(OCCNCOS(=O)(=O)c1cccc(C(F)(F)F)c1)c1ccccc1. The Balaban J connectivity index is 1.77. The van der Waals surface area contributed by atoms with Gasteiger partial charge in [-0.05, 0) is 30.3 Å². The van der Waals surface area contributed by atoms with E-state index in [-0.39, 0.29) is 13.2 Å². The maximum atomic E-state index is 12.6. The Morgan fingerprint density at radius 3 is 2.41 bits per heavy atom. The highest BCUT2D eigenvalue weighted by atomic mass is 32.2. The molecule has 2 aromatic rings. The van der Waals surface area contributed by atoms with Gasteiger partial charge >= 0.3 is 12.1 Å². The molecule has 0 aromatic heterocycles. The van der Waals surface area contributed by atoms with E-state index in [0.29, 0.717) is 11.6 Å². The first-order valence-electron chi connectivity index (χ1n) is 7.70. The first-order valence-corrected chi connectivity index (χ1v) is 9.10. The van der Waals surface area contributed by atoms with Crippen LogP contribution >= 0.6 is 0 Å². The van der Waals surface area contributed by atoms with Gasteiger partial charge in [0.15, 0.2) is 0 Å². The lowest BCUT2D eigenvalue weighted by Gasteiger charge is -2.10. The highest BCUT2D eigenvalue weighted by Crippen LogP contribution is 2.30. The minimum Gasteiger partial charge on any atom is -0.461 e. The number of halogens is 3. The molecule has 0 atom stereocenters. The molecule has 0 unspecified atom stereocenters. The molecule has 0 heterocycles. The summed E-state index contributed by atoms with van der Waals surface area (Å²) in [5.41, 5.74) is -0.714. The molecule has 1 N–H and O–H groups in total. The zero-order valence-corrected chi connectivity index (χ0v) is 14.7. The number of carbonyl (C=O) groups is 1. The fraction of sp³-hybridized carbons (Fsp3) is 0.235. The predicted octanol–water partition coefficient (Wildman–Crippen LogP) is 2.81. The van der Waals surface area contributed by atoms with E-state index in [9.17, 15) is 26.4 Å². The van der Waals surface area contributed by atoms with Crippen LogP contribution in [0.2, 0.25) is 0 Å². The van der Waals surface area contributed by atoms with Crippen molar-refractivity contribution in [3.8, 4) is 0 Å². The third-order valence-electron chi connectivity index (χ3n) is 3.29. The smallest absolute Gasteiger partial charge is 0.416 e. The molecule has 27 heavy (non-hydrogen) atoms. The van der Waals surface area contributed by atoms with E-state index in [1.54, 1.807) is 30.3 Å². The van der Waals surface area contributed by atoms with Gasteiger partial charge in [-0.15, -0.1) is 0 Å². The number of rotatable bonds is 8. The van der Waals surface area contributed by atoms with E-state index < -0.39 is 39.5 Å². The molecule has 0 bridgehead atoms. The van der Waals surface area contributed by atoms with Crippen molar-refractivity contribution in [3.05, 3.63) is 65.7 Å². The zero-order valence-electron chi connectivity index (χ0n) is 13.9. The van der Waals surface area contributed by atoms with Crippen molar-refractivity contribution in [3.63, 3.8) is 0 Å². The van der Waals surface area contributed by atoms with Crippen LogP contribution in [-0.4, -0.2) is 34.3 Å². The molecular weight excluding hydrogens is 387 g/mol. The van der Waals surface area contributed by atoms with Gasteiger partial charge in [0.2, 0.25) is 0 Å². The minimum absolute atomic E-state index is 0.0410. The Bertz CT molecular complexity index is 870. The Morgan fingerprint density at radius 1 is 1.04 bits per heavy atom. The van der Waals surface area contributed by atoms with Crippen molar-refractivity contribution in [2.24, 2.45) is 0 Å². The van der Waals surface area contributed by atoms with Crippen LogP contribution in [0.15, 0.2) is 59.5 Å². The van der Waals surface area contributed by atoms with Crippen molar-refractivity contribution in [2.45, 2.75) is 11.1 Å². The Labute approximate surface area is 154 Å². The van der Waals surface area contributed by atoms with Crippen LogP contribution in [0.4, 0.5) is 13.2 Å². The predicted molar refractivity (Wildman–Crippen MR) is 89.3 cm³/mol. The minimum atomic E-state index is -4.66.